The van der Waals surface area contributed by atoms with Gasteiger partial charge in [0.25, 0.3) is 0 Å². The van der Waals surface area contributed by atoms with Gasteiger partial charge in [0.2, 0.25) is 17.6 Å². The van der Waals surface area contributed by atoms with Crippen LogP contribution in [0.3, 0.4) is 0 Å². The Bertz CT molecular complexity index is 991. The molecule has 4 rings (SSSR count). The number of nitrogens with one attached hydrogen (secondary N) is 1. The summed E-state index contributed by atoms with van der Waals surface area (Å²) in [6, 6.07) is 13.6. The fourth-order valence-electron chi connectivity index (χ4n) is 3.61. The maximum absolute atomic E-state index is 13.1. The van der Waals surface area contributed by atoms with Gasteiger partial charge in [0, 0.05) is 23.7 Å². The summed E-state index contributed by atoms with van der Waals surface area (Å²) in [6.45, 7) is 2.49. The van der Waals surface area contributed by atoms with Crippen molar-refractivity contribution in [2.75, 3.05) is 13.1 Å². The molecule has 0 radical (unpaired) electrons. The minimum atomic E-state index is -0.241. The van der Waals surface area contributed by atoms with Crippen molar-refractivity contribution in [2.24, 2.45) is 5.92 Å². The number of halogens is 2. The van der Waals surface area contributed by atoms with Crippen molar-refractivity contribution in [1.82, 2.24) is 20.4 Å². The van der Waals surface area contributed by atoms with Crippen LogP contribution in [0.5, 0.6) is 0 Å². The number of hydrogen-bond donors (Lipinski definition) is 1. The molecule has 0 spiro atoms. The summed E-state index contributed by atoms with van der Waals surface area (Å²) in [5, 5.41) is 7.49. The molecule has 8 heteroatoms. The third-order valence-electron chi connectivity index (χ3n) is 5.18. The van der Waals surface area contributed by atoms with Crippen molar-refractivity contribution in [2.45, 2.75) is 25.9 Å². The third-order valence-corrected chi connectivity index (χ3v) is 5.43. The number of rotatable bonds is 6. The van der Waals surface area contributed by atoms with Gasteiger partial charge in [-0.15, -0.1) is 0 Å². The van der Waals surface area contributed by atoms with E-state index < -0.39 is 0 Å². The van der Waals surface area contributed by atoms with Crippen molar-refractivity contribution in [3.8, 4) is 11.4 Å². The van der Waals surface area contributed by atoms with Gasteiger partial charge in [-0.05, 0) is 61.3 Å². The van der Waals surface area contributed by atoms with Gasteiger partial charge in [0.05, 0.1) is 12.5 Å². The van der Waals surface area contributed by atoms with Crippen LogP contribution in [0.1, 0.15) is 24.3 Å². The molecule has 156 valence electrons. The molecule has 1 saturated heterocycles. The molecule has 1 aliphatic heterocycles. The molecule has 1 amide bonds. The molecule has 3 aromatic rings. The van der Waals surface area contributed by atoms with E-state index in [0.29, 0.717) is 29.8 Å². The second-order valence-electron chi connectivity index (χ2n) is 7.44. The number of aromatic nitrogens is 2. The van der Waals surface area contributed by atoms with E-state index in [1.807, 2.05) is 12.1 Å². The highest BCUT2D eigenvalue weighted by molar-refractivity contribution is 6.30. The van der Waals surface area contributed by atoms with E-state index >= 15 is 0 Å². The van der Waals surface area contributed by atoms with Gasteiger partial charge in [-0.3, -0.25) is 9.69 Å². The highest BCUT2D eigenvalue weighted by atomic mass is 35.5. The Morgan fingerprint density at radius 1 is 1.20 bits per heavy atom. The Labute approximate surface area is 179 Å². The molecular formula is C22H22ClFN4O2. The van der Waals surface area contributed by atoms with E-state index in [-0.39, 0.29) is 24.2 Å². The van der Waals surface area contributed by atoms with E-state index in [0.717, 1.165) is 30.5 Å². The maximum atomic E-state index is 13.1. The molecule has 1 aliphatic rings. The Kier molecular flexibility index (Phi) is 6.40. The molecule has 30 heavy (non-hydrogen) atoms. The lowest BCUT2D eigenvalue weighted by atomic mass is 9.96. The average Bonchev–Trinajstić information content (AvgIpc) is 3.23. The molecule has 1 N–H and O–H groups in total. The number of likely N-dealkylation sites (tertiary alicyclic amines) is 1. The number of carbonyl (C=O) groups excluding carboxylic acids is 1. The molecule has 0 bridgehead atoms. The summed E-state index contributed by atoms with van der Waals surface area (Å²) >= 11 is 5.89. The van der Waals surface area contributed by atoms with Crippen LogP contribution < -0.4 is 5.32 Å². The van der Waals surface area contributed by atoms with Gasteiger partial charge in [0.1, 0.15) is 5.82 Å². The first-order valence-corrected chi connectivity index (χ1v) is 10.3. The minimum Gasteiger partial charge on any atom is -0.347 e. The van der Waals surface area contributed by atoms with Crippen LogP contribution in [-0.2, 0) is 17.9 Å². The van der Waals surface area contributed by atoms with E-state index in [1.165, 1.54) is 12.1 Å². The first-order valence-electron chi connectivity index (χ1n) is 9.90. The monoisotopic (exact) mass is 428 g/mol. The van der Waals surface area contributed by atoms with E-state index in [4.69, 9.17) is 16.1 Å². The van der Waals surface area contributed by atoms with Gasteiger partial charge in [-0.2, -0.15) is 4.98 Å². The fourth-order valence-corrected chi connectivity index (χ4v) is 3.74. The summed E-state index contributed by atoms with van der Waals surface area (Å²) in [6.07, 6.45) is 1.78. The van der Waals surface area contributed by atoms with E-state index in [9.17, 15) is 9.18 Å². The Hall–Kier alpha value is -2.77. The number of carbonyl (C=O) groups is 1. The van der Waals surface area contributed by atoms with Crippen LogP contribution in [0.15, 0.2) is 53.1 Å². The summed E-state index contributed by atoms with van der Waals surface area (Å²) in [5.74, 6) is 0.448. The number of benzene rings is 2. The minimum absolute atomic E-state index is 0.0231. The predicted molar refractivity (Wildman–Crippen MR) is 111 cm³/mol. The number of piperidine rings is 1. The van der Waals surface area contributed by atoms with Crippen LogP contribution in [0.2, 0.25) is 5.02 Å². The molecule has 6 nitrogen and oxygen atoms in total. The first-order chi connectivity index (χ1) is 14.6. The lowest BCUT2D eigenvalue weighted by Gasteiger charge is -2.31. The molecule has 2 heterocycles. The van der Waals surface area contributed by atoms with Gasteiger partial charge in [-0.1, -0.05) is 28.9 Å². The summed E-state index contributed by atoms with van der Waals surface area (Å²) in [7, 11) is 0. The van der Waals surface area contributed by atoms with Gasteiger partial charge >= 0.3 is 0 Å². The summed E-state index contributed by atoms with van der Waals surface area (Å²) in [5.41, 5.74) is 1.84. The number of amides is 1. The lowest BCUT2D eigenvalue weighted by molar-refractivity contribution is -0.127. The molecule has 1 atom stereocenters. The highest BCUT2D eigenvalue weighted by Gasteiger charge is 2.26. The van der Waals surface area contributed by atoms with Crippen molar-refractivity contribution >= 4 is 17.5 Å². The van der Waals surface area contributed by atoms with Crippen LogP contribution >= 0.6 is 11.6 Å². The van der Waals surface area contributed by atoms with Crippen LogP contribution in [-0.4, -0.2) is 34.0 Å². The average molecular weight is 429 g/mol. The van der Waals surface area contributed by atoms with Gasteiger partial charge in [-0.25, -0.2) is 4.39 Å². The summed E-state index contributed by atoms with van der Waals surface area (Å²) < 4.78 is 18.3. The third kappa shape index (κ3) is 5.23. The van der Waals surface area contributed by atoms with E-state index in [2.05, 4.69) is 20.4 Å². The zero-order chi connectivity index (χ0) is 20.9. The Morgan fingerprint density at radius 2 is 1.97 bits per heavy atom. The lowest BCUT2D eigenvalue weighted by Crippen LogP contribution is -2.42. The van der Waals surface area contributed by atoms with Crippen molar-refractivity contribution in [3.63, 3.8) is 0 Å². The van der Waals surface area contributed by atoms with Crippen LogP contribution in [0.25, 0.3) is 11.4 Å². The standard InChI is InChI=1S/C22H22ClFN4O2/c23-18-7-5-16(6-8-18)21-26-20(30-27-21)12-25-22(29)17-2-1-11-28(14-17)13-15-3-9-19(24)10-4-15/h3-10,17H,1-2,11-14H2,(H,25,29)/t17-/m0/s1. The fraction of sp³-hybridized carbons (Fsp3) is 0.318. The predicted octanol–water partition coefficient (Wildman–Crippen LogP) is 4.06. The quantitative estimate of drug-likeness (QED) is 0.641. The highest BCUT2D eigenvalue weighted by Crippen LogP contribution is 2.20. The second-order valence-corrected chi connectivity index (χ2v) is 7.87. The van der Waals surface area contributed by atoms with E-state index in [1.54, 1.807) is 24.3 Å². The largest absolute Gasteiger partial charge is 0.347 e. The summed E-state index contributed by atoms with van der Waals surface area (Å²) in [4.78, 5) is 19.2. The maximum Gasteiger partial charge on any atom is 0.246 e. The molecule has 0 unspecified atom stereocenters. The van der Waals surface area contributed by atoms with Gasteiger partial charge in [0.15, 0.2) is 0 Å². The molecular weight excluding hydrogens is 407 g/mol. The van der Waals surface area contributed by atoms with Gasteiger partial charge < -0.3 is 9.84 Å². The smallest absolute Gasteiger partial charge is 0.246 e. The normalized spacial score (nSPS) is 17.1. The topological polar surface area (TPSA) is 71.3 Å². The van der Waals surface area contributed by atoms with Crippen LogP contribution in [0.4, 0.5) is 4.39 Å². The van der Waals surface area contributed by atoms with Crippen molar-refractivity contribution < 1.29 is 13.7 Å². The first kappa shape index (κ1) is 20.5. The molecule has 0 saturated carbocycles. The Balaban J connectivity index is 1.29. The molecule has 1 fully saturated rings. The molecule has 0 aliphatic carbocycles. The SMILES string of the molecule is O=C(NCc1nc(-c2ccc(Cl)cc2)no1)[C@H]1CCCN(Cc2ccc(F)cc2)C1. The number of hydrogen-bond acceptors (Lipinski definition) is 5. The molecule has 1 aromatic heterocycles. The Morgan fingerprint density at radius 3 is 2.73 bits per heavy atom. The second kappa shape index (κ2) is 9.36. The van der Waals surface area contributed by atoms with Crippen molar-refractivity contribution in [1.29, 1.82) is 0 Å². The number of nitrogens with zero attached hydrogens (tertiary/aromatic N) is 3. The zero-order valence-corrected chi connectivity index (χ0v) is 17.1. The van der Waals surface area contributed by atoms with Crippen LogP contribution in [0, 0.1) is 11.7 Å². The van der Waals surface area contributed by atoms with Crippen molar-refractivity contribution in [3.05, 3.63) is 70.8 Å². The molecule has 2 aromatic carbocycles. The zero-order valence-electron chi connectivity index (χ0n) is 16.4.